The molecule has 19 heavy (non-hydrogen) atoms. The molecular weight excluding hydrogens is 240 g/mol. The number of carbonyl (C=O) groups is 1. The molecule has 0 heterocycles. The average molecular weight is 264 g/mol. The van der Waals surface area contributed by atoms with Crippen LogP contribution in [-0.4, -0.2) is 18.1 Å². The highest BCUT2D eigenvalue weighted by Crippen LogP contribution is 2.14. The summed E-state index contributed by atoms with van der Waals surface area (Å²) in [6.07, 6.45) is 1.35. The van der Waals surface area contributed by atoms with E-state index in [4.69, 9.17) is 10.5 Å². The van der Waals surface area contributed by atoms with Gasteiger partial charge in [0.05, 0.1) is 0 Å². The first-order valence-corrected chi connectivity index (χ1v) is 6.86. The van der Waals surface area contributed by atoms with E-state index in [2.05, 4.69) is 19.2 Å². The number of hydrogen-bond acceptors (Lipinski definition) is 3. The van der Waals surface area contributed by atoms with Crippen LogP contribution in [0.3, 0.4) is 0 Å². The maximum atomic E-state index is 12.0. The molecule has 1 atom stereocenters. The molecule has 0 aromatic heterocycles. The highest BCUT2D eigenvalue weighted by Gasteiger charge is 2.17. The van der Waals surface area contributed by atoms with E-state index in [0.717, 1.165) is 18.4 Å². The zero-order valence-corrected chi connectivity index (χ0v) is 12.0. The Morgan fingerprint density at radius 2 is 2.05 bits per heavy atom. The molecule has 0 saturated heterocycles. The van der Waals surface area contributed by atoms with Gasteiger partial charge in [0.2, 0.25) is 0 Å². The molecule has 1 unspecified atom stereocenters. The average Bonchev–Trinajstić information content (AvgIpc) is 2.44. The normalized spacial score (nSPS) is 12.3. The van der Waals surface area contributed by atoms with Crippen molar-refractivity contribution in [1.82, 2.24) is 5.32 Å². The fourth-order valence-electron chi connectivity index (χ4n) is 1.81. The highest BCUT2D eigenvalue weighted by atomic mass is 16.5. The Morgan fingerprint density at radius 1 is 1.37 bits per heavy atom. The van der Waals surface area contributed by atoms with Crippen molar-refractivity contribution in [3.05, 3.63) is 29.8 Å². The largest absolute Gasteiger partial charge is 0.481 e. The summed E-state index contributed by atoms with van der Waals surface area (Å²) in [4.78, 5) is 12.0. The minimum absolute atomic E-state index is 0.0770. The van der Waals surface area contributed by atoms with Crippen molar-refractivity contribution in [2.75, 3.05) is 0 Å². The number of ether oxygens (including phenoxy) is 1. The Balaban J connectivity index is 2.57. The second-order valence-corrected chi connectivity index (χ2v) is 4.63. The molecule has 1 aromatic rings. The van der Waals surface area contributed by atoms with Crippen LogP contribution in [0, 0.1) is 0 Å². The molecule has 0 aliphatic carbocycles. The van der Waals surface area contributed by atoms with Gasteiger partial charge in [-0.3, -0.25) is 4.79 Å². The number of amides is 1. The summed E-state index contributed by atoms with van der Waals surface area (Å²) in [6, 6.07) is 7.72. The summed E-state index contributed by atoms with van der Waals surface area (Å²) in [6.45, 7) is 6.34. The maximum absolute atomic E-state index is 12.0. The first-order valence-electron chi connectivity index (χ1n) is 6.86. The topological polar surface area (TPSA) is 64.3 Å². The van der Waals surface area contributed by atoms with Gasteiger partial charge >= 0.3 is 0 Å². The van der Waals surface area contributed by atoms with Crippen molar-refractivity contribution in [2.45, 2.75) is 52.3 Å². The van der Waals surface area contributed by atoms with Crippen LogP contribution in [0.15, 0.2) is 24.3 Å². The number of rotatable bonds is 7. The second-order valence-electron chi connectivity index (χ2n) is 4.63. The number of nitrogens with one attached hydrogen (secondary N) is 1. The van der Waals surface area contributed by atoms with Crippen molar-refractivity contribution in [3.8, 4) is 5.75 Å². The van der Waals surface area contributed by atoms with Gasteiger partial charge < -0.3 is 15.8 Å². The molecule has 4 nitrogen and oxygen atoms in total. The van der Waals surface area contributed by atoms with E-state index in [0.29, 0.717) is 12.3 Å². The molecular formula is C15H24N2O2. The molecule has 0 aliphatic rings. The lowest BCUT2D eigenvalue weighted by Crippen LogP contribution is -2.42. The Kier molecular flexibility index (Phi) is 6.36. The van der Waals surface area contributed by atoms with Gasteiger partial charge in [0.25, 0.3) is 5.91 Å². The Morgan fingerprint density at radius 3 is 2.63 bits per heavy atom. The van der Waals surface area contributed by atoms with Crippen LogP contribution in [0.1, 0.15) is 39.2 Å². The Labute approximate surface area is 115 Å². The van der Waals surface area contributed by atoms with Crippen molar-refractivity contribution in [1.29, 1.82) is 0 Å². The van der Waals surface area contributed by atoms with Gasteiger partial charge in [0, 0.05) is 12.6 Å². The van der Waals surface area contributed by atoms with E-state index >= 15 is 0 Å². The summed E-state index contributed by atoms with van der Waals surface area (Å²) < 4.78 is 5.64. The molecule has 106 valence electrons. The first-order chi connectivity index (χ1) is 9.10. The van der Waals surface area contributed by atoms with Crippen LogP contribution < -0.4 is 15.8 Å². The smallest absolute Gasteiger partial charge is 0.260 e. The van der Waals surface area contributed by atoms with E-state index in [1.807, 2.05) is 24.3 Å². The fourth-order valence-corrected chi connectivity index (χ4v) is 1.81. The number of hydrogen-bond donors (Lipinski definition) is 2. The molecule has 1 rings (SSSR count). The molecule has 0 fully saturated rings. The summed E-state index contributed by atoms with van der Waals surface area (Å²) in [5, 5.41) is 2.98. The third kappa shape index (κ3) is 4.91. The van der Waals surface area contributed by atoms with E-state index in [1.165, 1.54) is 0 Å². The van der Waals surface area contributed by atoms with Crippen LogP contribution in [0.2, 0.25) is 0 Å². The van der Waals surface area contributed by atoms with Crippen LogP contribution >= 0.6 is 0 Å². The lowest BCUT2D eigenvalue weighted by molar-refractivity contribution is -0.128. The predicted octanol–water partition coefficient (Wildman–Crippen LogP) is 2.22. The minimum atomic E-state index is -0.506. The van der Waals surface area contributed by atoms with E-state index < -0.39 is 6.10 Å². The third-order valence-electron chi connectivity index (χ3n) is 3.15. The van der Waals surface area contributed by atoms with E-state index in [-0.39, 0.29) is 11.9 Å². The van der Waals surface area contributed by atoms with Crippen molar-refractivity contribution in [3.63, 3.8) is 0 Å². The number of nitrogens with two attached hydrogens (primary N) is 1. The molecule has 0 radical (unpaired) electrons. The van der Waals surface area contributed by atoms with E-state index in [9.17, 15) is 4.79 Å². The predicted molar refractivity (Wildman–Crippen MR) is 76.9 cm³/mol. The fraction of sp³-hybridized carbons (Fsp3) is 0.533. The lowest BCUT2D eigenvalue weighted by Gasteiger charge is -2.19. The summed E-state index contributed by atoms with van der Waals surface area (Å²) in [5.41, 5.74) is 6.57. The molecule has 4 heteroatoms. The van der Waals surface area contributed by atoms with Crippen LogP contribution in [-0.2, 0) is 11.3 Å². The number of benzene rings is 1. The standard InChI is InChI=1S/C15H24N2O2/c1-4-13(5-2)17-15(18)11(3)19-14-8-6-7-12(9-14)10-16/h6-9,11,13H,4-5,10,16H2,1-3H3,(H,17,18). The van der Waals surface area contributed by atoms with Gasteiger partial charge in [0.1, 0.15) is 5.75 Å². The van der Waals surface area contributed by atoms with Gasteiger partial charge in [-0.2, -0.15) is 0 Å². The molecule has 3 N–H and O–H groups in total. The quantitative estimate of drug-likeness (QED) is 0.793. The van der Waals surface area contributed by atoms with Gasteiger partial charge in [0.15, 0.2) is 6.10 Å². The van der Waals surface area contributed by atoms with Crippen LogP contribution in [0.4, 0.5) is 0 Å². The van der Waals surface area contributed by atoms with Crippen LogP contribution in [0.25, 0.3) is 0 Å². The van der Waals surface area contributed by atoms with E-state index in [1.54, 1.807) is 6.92 Å². The third-order valence-corrected chi connectivity index (χ3v) is 3.15. The van der Waals surface area contributed by atoms with Crippen molar-refractivity contribution in [2.24, 2.45) is 5.73 Å². The Bertz CT molecular complexity index is 403. The second kappa shape index (κ2) is 7.79. The monoisotopic (exact) mass is 264 g/mol. The zero-order valence-electron chi connectivity index (χ0n) is 12.0. The maximum Gasteiger partial charge on any atom is 0.260 e. The molecule has 1 amide bonds. The molecule has 0 spiro atoms. The van der Waals surface area contributed by atoms with Gasteiger partial charge in [-0.1, -0.05) is 26.0 Å². The van der Waals surface area contributed by atoms with Gasteiger partial charge in [-0.05, 0) is 37.5 Å². The summed E-state index contributed by atoms with van der Waals surface area (Å²) >= 11 is 0. The SMILES string of the molecule is CCC(CC)NC(=O)C(C)Oc1cccc(CN)c1. The number of carbonyl (C=O) groups excluding carboxylic acids is 1. The molecule has 1 aromatic carbocycles. The van der Waals surface area contributed by atoms with Gasteiger partial charge in [-0.25, -0.2) is 0 Å². The first kappa shape index (κ1) is 15.5. The minimum Gasteiger partial charge on any atom is -0.481 e. The summed E-state index contributed by atoms with van der Waals surface area (Å²) in [7, 11) is 0. The van der Waals surface area contributed by atoms with Gasteiger partial charge in [-0.15, -0.1) is 0 Å². The zero-order chi connectivity index (χ0) is 14.3. The Hall–Kier alpha value is -1.55. The molecule has 0 saturated carbocycles. The lowest BCUT2D eigenvalue weighted by atomic mass is 10.1. The molecule has 0 bridgehead atoms. The highest BCUT2D eigenvalue weighted by molar-refractivity contribution is 5.81. The van der Waals surface area contributed by atoms with Crippen LogP contribution in [0.5, 0.6) is 5.75 Å². The molecule has 0 aliphatic heterocycles. The van der Waals surface area contributed by atoms with Crippen molar-refractivity contribution < 1.29 is 9.53 Å². The van der Waals surface area contributed by atoms with Crippen molar-refractivity contribution >= 4 is 5.91 Å². The summed E-state index contributed by atoms with van der Waals surface area (Å²) in [5.74, 6) is 0.599.